The summed E-state index contributed by atoms with van der Waals surface area (Å²) < 4.78 is 3.41. The first kappa shape index (κ1) is 24.8. The number of rotatable bonds is 6. The Balaban J connectivity index is 1.06. The Morgan fingerprint density at radius 2 is 1.98 bits per heavy atom. The first-order valence-corrected chi connectivity index (χ1v) is 14.5. The molecule has 1 saturated carbocycles. The number of anilines is 2. The summed E-state index contributed by atoms with van der Waals surface area (Å²) in [5, 5.41) is 7.59. The maximum atomic E-state index is 13.5. The van der Waals surface area contributed by atoms with E-state index in [2.05, 4.69) is 30.6 Å². The van der Waals surface area contributed by atoms with Gasteiger partial charge in [0.15, 0.2) is 0 Å². The molecule has 0 aromatic carbocycles. The summed E-state index contributed by atoms with van der Waals surface area (Å²) in [6.45, 7) is 2.26. The molecule has 2 amide bonds. The number of amides is 2. The molecule has 0 saturated heterocycles. The third kappa shape index (κ3) is 4.31. The summed E-state index contributed by atoms with van der Waals surface area (Å²) in [5.74, 6) is 0.155. The zero-order valence-electron chi connectivity index (χ0n) is 21.3. The van der Waals surface area contributed by atoms with Crippen molar-refractivity contribution in [3.8, 4) is 0 Å². The first-order chi connectivity index (χ1) is 19.4. The number of nitrogens with one attached hydrogen (secondary N) is 2. The largest absolute Gasteiger partial charge is 0.384 e. The summed E-state index contributed by atoms with van der Waals surface area (Å²) in [6, 6.07) is 4.92. The number of nitrogens with two attached hydrogens (primary N) is 1. The second-order valence-electron chi connectivity index (χ2n) is 10.3. The molecular formula is C27H24N8O3S2. The predicted molar refractivity (Wildman–Crippen MR) is 153 cm³/mol. The summed E-state index contributed by atoms with van der Waals surface area (Å²) >= 11 is 3.07. The molecule has 5 aromatic rings. The molecule has 0 spiro atoms. The number of aromatic nitrogens is 5. The SMILES string of the molecule is C[C@@H]1C[C@@H](C(=O)NCc2cc3cnc(N)cc3s2)n2c1ncc(NC(=O)[C@H]1C[C@@H]1c1nc3ccncc3s1)c2=O. The molecule has 1 fully saturated rings. The third-order valence-corrected chi connectivity index (χ3v) is 9.71. The van der Waals surface area contributed by atoms with Crippen molar-refractivity contribution < 1.29 is 9.59 Å². The molecule has 0 bridgehead atoms. The average Bonchev–Trinajstić information content (AvgIpc) is 3.28. The molecule has 1 aliphatic heterocycles. The van der Waals surface area contributed by atoms with E-state index >= 15 is 0 Å². The molecule has 0 radical (unpaired) electrons. The van der Waals surface area contributed by atoms with Gasteiger partial charge >= 0.3 is 0 Å². The van der Waals surface area contributed by atoms with Crippen molar-refractivity contribution in [2.45, 2.75) is 44.2 Å². The molecule has 7 rings (SSSR count). The van der Waals surface area contributed by atoms with Gasteiger partial charge in [-0.2, -0.15) is 0 Å². The van der Waals surface area contributed by atoms with E-state index in [4.69, 9.17) is 5.73 Å². The third-order valence-electron chi connectivity index (χ3n) is 7.47. The van der Waals surface area contributed by atoms with Crippen molar-refractivity contribution >= 4 is 66.3 Å². The Hall–Kier alpha value is -4.23. The van der Waals surface area contributed by atoms with Crippen LogP contribution in [0.25, 0.3) is 20.3 Å². The van der Waals surface area contributed by atoms with E-state index in [0.717, 1.165) is 30.2 Å². The van der Waals surface area contributed by atoms with Crippen LogP contribution in [0.15, 0.2) is 47.8 Å². The lowest BCUT2D eigenvalue weighted by atomic mass is 10.1. The van der Waals surface area contributed by atoms with E-state index in [9.17, 15) is 14.4 Å². The van der Waals surface area contributed by atoms with Crippen LogP contribution in [-0.4, -0.2) is 36.3 Å². The molecule has 4 N–H and O–H groups in total. The van der Waals surface area contributed by atoms with Gasteiger partial charge in [0.1, 0.15) is 23.4 Å². The van der Waals surface area contributed by atoms with E-state index in [1.54, 1.807) is 18.6 Å². The van der Waals surface area contributed by atoms with E-state index in [0.29, 0.717) is 31.0 Å². The molecule has 6 heterocycles. The number of fused-ring (bicyclic) bond motifs is 3. The van der Waals surface area contributed by atoms with E-state index in [-0.39, 0.29) is 35.3 Å². The number of carbonyl (C=O) groups excluding carboxylic acids is 2. The normalized spacial score (nSPS) is 21.4. The quantitative estimate of drug-likeness (QED) is 0.279. The molecule has 202 valence electrons. The van der Waals surface area contributed by atoms with E-state index in [1.807, 2.05) is 25.1 Å². The highest BCUT2D eigenvalue weighted by Gasteiger charge is 2.46. The van der Waals surface area contributed by atoms with Crippen LogP contribution in [0.4, 0.5) is 11.5 Å². The fourth-order valence-corrected chi connectivity index (χ4v) is 7.46. The maximum absolute atomic E-state index is 13.5. The zero-order valence-corrected chi connectivity index (χ0v) is 23.0. The predicted octanol–water partition coefficient (Wildman–Crippen LogP) is 3.55. The minimum atomic E-state index is -0.710. The fraction of sp³-hybridized carbons (Fsp3) is 0.296. The van der Waals surface area contributed by atoms with Gasteiger partial charge in [-0.05, 0) is 31.0 Å². The van der Waals surface area contributed by atoms with Gasteiger partial charge in [-0.1, -0.05) is 6.92 Å². The van der Waals surface area contributed by atoms with Crippen LogP contribution in [0.2, 0.25) is 0 Å². The van der Waals surface area contributed by atoms with Crippen LogP contribution in [0.3, 0.4) is 0 Å². The number of thiazole rings is 1. The molecule has 0 unspecified atom stereocenters. The smallest absolute Gasteiger partial charge is 0.278 e. The Kier molecular flexibility index (Phi) is 5.86. The average molecular weight is 573 g/mol. The Morgan fingerprint density at radius 3 is 2.83 bits per heavy atom. The molecule has 2 aliphatic rings. The second kappa shape index (κ2) is 9.45. The highest BCUT2D eigenvalue weighted by atomic mass is 32.1. The molecule has 13 heteroatoms. The molecule has 5 aromatic heterocycles. The first-order valence-electron chi connectivity index (χ1n) is 12.9. The van der Waals surface area contributed by atoms with Gasteiger partial charge in [0.25, 0.3) is 5.56 Å². The van der Waals surface area contributed by atoms with Crippen molar-refractivity contribution in [1.82, 2.24) is 29.8 Å². The van der Waals surface area contributed by atoms with Crippen molar-refractivity contribution in [3.05, 3.63) is 69.0 Å². The monoisotopic (exact) mass is 572 g/mol. The summed E-state index contributed by atoms with van der Waals surface area (Å²) in [5.41, 5.74) is 6.30. The Morgan fingerprint density at radius 1 is 1.10 bits per heavy atom. The lowest BCUT2D eigenvalue weighted by Gasteiger charge is -2.15. The minimum Gasteiger partial charge on any atom is -0.384 e. The van der Waals surface area contributed by atoms with Crippen molar-refractivity contribution in [1.29, 1.82) is 0 Å². The van der Waals surface area contributed by atoms with Gasteiger partial charge < -0.3 is 16.4 Å². The van der Waals surface area contributed by atoms with Crippen LogP contribution in [0, 0.1) is 5.92 Å². The van der Waals surface area contributed by atoms with Crippen LogP contribution in [-0.2, 0) is 16.1 Å². The minimum absolute atomic E-state index is 0.0159. The summed E-state index contributed by atoms with van der Waals surface area (Å²) in [7, 11) is 0. The number of thiophene rings is 1. The number of hydrogen-bond acceptors (Lipinski definition) is 10. The van der Waals surface area contributed by atoms with Crippen molar-refractivity contribution in [2.75, 3.05) is 11.1 Å². The molecule has 4 atom stereocenters. The number of hydrogen-bond donors (Lipinski definition) is 3. The fourth-order valence-electron chi connectivity index (χ4n) is 5.33. The Labute approximate surface area is 235 Å². The van der Waals surface area contributed by atoms with Crippen LogP contribution >= 0.6 is 22.7 Å². The van der Waals surface area contributed by atoms with Gasteiger partial charge in [-0.3, -0.25) is 23.9 Å². The summed E-state index contributed by atoms with van der Waals surface area (Å²) in [6.07, 6.45) is 7.71. The van der Waals surface area contributed by atoms with Crippen LogP contribution < -0.4 is 21.9 Å². The number of pyridine rings is 2. The molecular weight excluding hydrogens is 548 g/mol. The number of carbonyl (C=O) groups is 2. The Bertz CT molecular complexity index is 1850. The standard InChI is InChI=1S/C27H24N8O3S2/c1-12-4-19(25(37)32-9-14-5-13-8-30-22(28)7-20(13)39-14)35-23(12)31-10-18(27(35)38)33-24(36)15-6-16(15)26-34-17-2-3-29-11-21(17)40-26/h2-3,5,7-8,10-12,15-16,19H,4,6,9H2,1H3,(H2,28,30)(H,32,37)(H,33,36)/t12-,15+,16+,19+/m1/s1. The lowest BCUT2D eigenvalue weighted by molar-refractivity contribution is -0.124. The van der Waals surface area contributed by atoms with Gasteiger partial charge in [-0.25, -0.2) is 15.0 Å². The van der Waals surface area contributed by atoms with Crippen molar-refractivity contribution in [3.63, 3.8) is 0 Å². The molecule has 40 heavy (non-hydrogen) atoms. The van der Waals surface area contributed by atoms with Gasteiger partial charge in [-0.15, -0.1) is 22.7 Å². The lowest BCUT2D eigenvalue weighted by Crippen LogP contribution is -2.36. The van der Waals surface area contributed by atoms with Crippen LogP contribution in [0.1, 0.15) is 53.4 Å². The number of nitrogen functional groups attached to an aromatic ring is 1. The van der Waals surface area contributed by atoms with Crippen LogP contribution in [0.5, 0.6) is 0 Å². The topological polar surface area (TPSA) is 158 Å². The number of nitrogens with zero attached hydrogens (tertiary/aromatic N) is 5. The molecule has 11 nitrogen and oxygen atoms in total. The highest BCUT2D eigenvalue weighted by molar-refractivity contribution is 7.19. The summed E-state index contributed by atoms with van der Waals surface area (Å²) in [4.78, 5) is 58.1. The van der Waals surface area contributed by atoms with Gasteiger partial charge in [0.05, 0.1) is 28.0 Å². The van der Waals surface area contributed by atoms with E-state index in [1.165, 1.54) is 33.4 Å². The van der Waals surface area contributed by atoms with Gasteiger partial charge in [0, 0.05) is 51.3 Å². The highest BCUT2D eigenvalue weighted by Crippen LogP contribution is 2.50. The second-order valence-corrected chi connectivity index (χ2v) is 12.5. The van der Waals surface area contributed by atoms with E-state index < -0.39 is 11.6 Å². The van der Waals surface area contributed by atoms with Crippen molar-refractivity contribution in [2.24, 2.45) is 5.92 Å². The maximum Gasteiger partial charge on any atom is 0.278 e. The van der Waals surface area contributed by atoms with Gasteiger partial charge in [0.2, 0.25) is 11.8 Å². The zero-order chi connectivity index (χ0) is 27.5. The molecule has 1 aliphatic carbocycles.